The van der Waals surface area contributed by atoms with Gasteiger partial charge in [0.25, 0.3) is 0 Å². The van der Waals surface area contributed by atoms with Crippen LogP contribution in [0.1, 0.15) is 53.5 Å². The van der Waals surface area contributed by atoms with Gasteiger partial charge in [0, 0.05) is 23.1 Å². The van der Waals surface area contributed by atoms with Gasteiger partial charge in [-0.3, -0.25) is 4.98 Å². The maximum Gasteiger partial charge on any atom is 0.339 e. The Balaban J connectivity index is 1.54. The summed E-state index contributed by atoms with van der Waals surface area (Å²) in [7, 11) is 0. The van der Waals surface area contributed by atoms with Crippen molar-refractivity contribution in [1.29, 1.82) is 0 Å². The van der Waals surface area contributed by atoms with Crippen LogP contribution in [0.25, 0.3) is 11.3 Å². The molecule has 0 fully saturated rings. The molecule has 2 heterocycles. The largest absolute Gasteiger partial charge is 0.462 e. The third kappa shape index (κ3) is 4.70. The fraction of sp³-hybridized carbons (Fsp3) is 0.269. The first kappa shape index (κ1) is 22.1. The number of hydrogen-bond donors (Lipinski definition) is 0. The summed E-state index contributed by atoms with van der Waals surface area (Å²) in [5, 5.41) is 0. The minimum atomic E-state index is -0.370. The lowest BCUT2D eigenvalue weighted by molar-refractivity contribution is 0.0415. The molecule has 0 bridgehead atoms. The van der Waals surface area contributed by atoms with Crippen LogP contribution < -0.4 is 0 Å². The summed E-state index contributed by atoms with van der Waals surface area (Å²) >= 11 is 1.57. The quantitative estimate of drug-likeness (QED) is 0.455. The molecule has 1 aliphatic heterocycles. The molecule has 1 aliphatic rings. The van der Waals surface area contributed by atoms with E-state index in [9.17, 15) is 9.59 Å². The number of fused-ring (bicyclic) bond motifs is 1. The van der Waals surface area contributed by atoms with Gasteiger partial charge < -0.3 is 9.47 Å². The van der Waals surface area contributed by atoms with Gasteiger partial charge in [0.1, 0.15) is 0 Å². The molecule has 32 heavy (non-hydrogen) atoms. The van der Waals surface area contributed by atoms with Gasteiger partial charge in [-0.1, -0.05) is 49.9 Å². The van der Waals surface area contributed by atoms with Crippen LogP contribution in [0.2, 0.25) is 0 Å². The van der Waals surface area contributed by atoms with E-state index in [4.69, 9.17) is 9.47 Å². The van der Waals surface area contributed by atoms with Crippen LogP contribution in [0.4, 0.5) is 0 Å². The molecular formula is C26H25NO4S. The Bertz CT molecular complexity index is 1130. The minimum absolute atomic E-state index is 0.177. The van der Waals surface area contributed by atoms with Crippen LogP contribution in [-0.4, -0.2) is 29.0 Å². The number of hydrogen-bond acceptors (Lipinski definition) is 6. The SMILES string of the molecule is CCOC(=O)c1ccc(-c2ccc3c(c2)C(C)(C)CC(OC(=O)c2ccccc2)S3)nc1. The highest BCUT2D eigenvalue weighted by Gasteiger charge is 2.36. The fourth-order valence-electron chi connectivity index (χ4n) is 3.76. The first-order chi connectivity index (χ1) is 15.4. The second-order valence-corrected chi connectivity index (χ2v) is 9.47. The summed E-state index contributed by atoms with van der Waals surface area (Å²) in [5.74, 6) is -0.671. The lowest BCUT2D eigenvalue weighted by Gasteiger charge is -2.36. The van der Waals surface area contributed by atoms with E-state index < -0.39 is 0 Å². The average molecular weight is 448 g/mol. The fourth-order valence-corrected chi connectivity index (χ4v) is 5.29. The number of ether oxygens (including phenoxy) is 2. The number of benzene rings is 2. The molecule has 6 heteroatoms. The molecule has 5 nitrogen and oxygen atoms in total. The molecule has 0 saturated heterocycles. The van der Waals surface area contributed by atoms with Crippen molar-refractivity contribution in [2.24, 2.45) is 0 Å². The number of aromatic nitrogens is 1. The molecule has 1 unspecified atom stereocenters. The molecule has 164 valence electrons. The Morgan fingerprint density at radius 2 is 1.81 bits per heavy atom. The molecule has 1 atom stereocenters. The van der Waals surface area contributed by atoms with Crippen LogP contribution in [0.15, 0.2) is 71.8 Å². The van der Waals surface area contributed by atoms with E-state index in [0.717, 1.165) is 16.2 Å². The maximum atomic E-state index is 12.5. The predicted molar refractivity (Wildman–Crippen MR) is 125 cm³/mol. The van der Waals surface area contributed by atoms with Gasteiger partial charge in [-0.15, -0.1) is 0 Å². The van der Waals surface area contributed by atoms with E-state index in [2.05, 4.69) is 31.0 Å². The van der Waals surface area contributed by atoms with Crippen molar-refractivity contribution in [1.82, 2.24) is 4.98 Å². The van der Waals surface area contributed by atoms with Crippen LogP contribution in [-0.2, 0) is 14.9 Å². The summed E-state index contributed by atoms with van der Waals surface area (Å²) in [6.07, 6.45) is 2.26. The van der Waals surface area contributed by atoms with E-state index in [-0.39, 0.29) is 22.8 Å². The van der Waals surface area contributed by atoms with E-state index in [0.29, 0.717) is 24.2 Å². The summed E-state index contributed by atoms with van der Waals surface area (Å²) in [4.78, 5) is 29.9. The van der Waals surface area contributed by atoms with Crippen LogP contribution in [0.3, 0.4) is 0 Å². The Morgan fingerprint density at radius 3 is 2.50 bits per heavy atom. The van der Waals surface area contributed by atoms with Crippen molar-refractivity contribution in [2.75, 3.05) is 6.61 Å². The van der Waals surface area contributed by atoms with Gasteiger partial charge in [0.15, 0.2) is 5.44 Å². The number of esters is 2. The van der Waals surface area contributed by atoms with Crippen LogP contribution in [0.5, 0.6) is 0 Å². The van der Waals surface area contributed by atoms with Gasteiger partial charge in [-0.2, -0.15) is 0 Å². The van der Waals surface area contributed by atoms with Crippen LogP contribution >= 0.6 is 11.8 Å². The Hall–Kier alpha value is -3.12. The molecule has 0 spiro atoms. The molecule has 0 radical (unpaired) electrons. The highest BCUT2D eigenvalue weighted by molar-refractivity contribution is 7.99. The molecule has 0 N–H and O–H groups in total. The summed E-state index contributed by atoms with van der Waals surface area (Å²) in [6.45, 7) is 6.44. The average Bonchev–Trinajstić information content (AvgIpc) is 2.79. The molecule has 1 aromatic heterocycles. The van der Waals surface area contributed by atoms with Crippen molar-refractivity contribution in [3.8, 4) is 11.3 Å². The molecule has 4 rings (SSSR count). The molecule has 3 aromatic rings. The van der Waals surface area contributed by atoms with Crippen molar-refractivity contribution in [3.05, 3.63) is 83.6 Å². The zero-order valence-electron chi connectivity index (χ0n) is 18.3. The molecular weight excluding hydrogens is 422 g/mol. The maximum absolute atomic E-state index is 12.5. The van der Waals surface area contributed by atoms with E-state index >= 15 is 0 Å². The topological polar surface area (TPSA) is 65.5 Å². The third-order valence-electron chi connectivity index (χ3n) is 5.46. The lowest BCUT2D eigenvalue weighted by Crippen LogP contribution is -2.31. The lowest BCUT2D eigenvalue weighted by atomic mass is 9.80. The number of rotatable bonds is 5. The monoisotopic (exact) mass is 447 g/mol. The van der Waals surface area contributed by atoms with E-state index in [1.54, 1.807) is 43.1 Å². The Morgan fingerprint density at radius 1 is 1.03 bits per heavy atom. The Kier molecular flexibility index (Phi) is 6.33. The van der Waals surface area contributed by atoms with Gasteiger partial charge in [0.2, 0.25) is 0 Å². The number of carbonyl (C=O) groups is 2. The second kappa shape index (κ2) is 9.17. The smallest absolute Gasteiger partial charge is 0.339 e. The predicted octanol–water partition coefficient (Wildman–Crippen LogP) is 5.88. The minimum Gasteiger partial charge on any atom is -0.462 e. The zero-order chi connectivity index (χ0) is 22.7. The standard InChI is InChI=1S/C26H25NO4S/c1-4-30-24(28)19-10-12-21(27-16-19)18-11-13-22-20(14-18)26(2,3)15-23(32-22)31-25(29)17-8-6-5-7-9-17/h5-14,16,23H,4,15H2,1-3H3. The summed E-state index contributed by atoms with van der Waals surface area (Å²) in [6, 6.07) is 18.8. The summed E-state index contributed by atoms with van der Waals surface area (Å²) in [5.41, 5.74) is 3.54. The third-order valence-corrected chi connectivity index (χ3v) is 6.60. The first-order valence-corrected chi connectivity index (χ1v) is 11.5. The normalized spacial score (nSPS) is 16.7. The summed E-state index contributed by atoms with van der Waals surface area (Å²) < 4.78 is 10.8. The van der Waals surface area contributed by atoms with Crippen LogP contribution in [0, 0.1) is 0 Å². The molecule has 0 saturated carbocycles. The van der Waals surface area contributed by atoms with Gasteiger partial charge in [0.05, 0.1) is 23.4 Å². The second-order valence-electron chi connectivity index (χ2n) is 8.27. The molecule has 2 aromatic carbocycles. The Labute approximate surface area is 192 Å². The van der Waals surface area contributed by atoms with Crippen molar-refractivity contribution >= 4 is 23.7 Å². The van der Waals surface area contributed by atoms with Gasteiger partial charge in [-0.25, -0.2) is 9.59 Å². The van der Waals surface area contributed by atoms with Crippen molar-refractivity contribution in [2.45, 2.75) is 42.9 Å². The zero-order valence-corrected chi connectivity index (χ0v) is 19.1. The van der Waals surface area contributed by atoms with Gasteiger partial charge >= 0.3 is 11.9 Å². The number of nitrogens with zero attached hydrogens (tertiary/aromatic N) is 1. The number of carbonyl (C=O) groups excluding carboxylic acids is 2. The highest BCUT2D eigenvalue weighted by Crippen LogP contribution is 2.47. The van der Waals surface area contributed by atoms with Crippen molar-refractivity contribution < 1.29 is 19.1 Å². The van der Waals surface area contributed by atoms with Gasteiger partial charge in [-0.05, 0) is 54.3 Å². The molecule has 0 aliphatic carbocycles. The van der Waals surface area contributed by atoms with Crippen molar-refractivity contribution in [3.63, 3.8) is 0 Å². The number of pyridine rings is 1. The first-order valence-electron chi connectivity index (χ1n) is 10.6. The number of thioether (sulfide) groups is 1. The van der Waals surface area contributed by atoms with E-state index in [1.807, 2.05) is 30.3 Å². The molecule has 0 amide bonds. The highest BCUT2D eigenvalue weighted by atomic mass is 32.2. The van der Waals surface area contributed by atoms with E-state index in [1.165, 1.54) is 5.56 Å².